The van der Waals surface area contributed by atoms with Gasteiger partial charge in [0, 0.05) is 11.8 Å². The second kappa shape index (κ2) is 8.80. The number of nitrogens with one attached hydrogen (secondary N) is 3. The van der Waals surface area contributed by atoms with Crippen LogP contribution in [0.4, 0.5) is 23.1 Å². The number of hydrogen-bond donors (Lipinski definition) is 3. The highest BCUT2D eigenvalue weighted by molar-refractivity contribution is 6.30. The van der Waals surface area contributed by atoms with Crippen LogP contribution >= 0.6 is 11.6 Å². The van der Waals surface area contributed by atoms with Crippen molar-refractivity contribution >= 4 is 40.6 Å². The van der Waals surface area contributed by atoms with Gasteiger partial charge < -0.3 is 10.1 Å². The monoisotopic (exact) mass is 415 g/mol. The lowest BCUT2D eigenvalue weighted by atomic mass is 10.2. The summed E-state index contributed by atoms with van der Waals surface area (Å²) in [4.78, 5) is 34.8. The lowest BCUT2D eigenvalue weighted by molar-refractivity contribution is -0.383. The summed E-state index contributed by atoms with van der Waals surface area (Å²) in [6.07, 6.45) is 2.48. The third-order valence-corrected chi connectivity index (χ3v) is 3.85. The number of pyridine rings is 1. The van der Waals surface area contributed by atoms with Gasteiger partial charge in [-0.15, -0.1) is 0 Å². The van der Waals surface area contributed by atoms with Crippen LogP contribution in [0.25, 0.3) is 0 Å². The molecule has 1 aromatic carbocycles. The van der Waals surface area contributed by atoms with Crippen molar-refractivity contribution < 1.29 is 14.5 Å². The van der Waals surface area contributed by atoms with Gasteiger partial charge in [-0.05, 0) is 36.4 Å². The molecule has 148 valence electrons. The zero-order valence-corrected chi connectivity index (χ0v) is 15.7. The van der Waals surface area contributed by atoms with Crippen LogP contribution in [0.3, 0.4) is 0 Å². The van der Waals surface area contributed by atoms with Crippen LogP contribution in [0.5, 0.6) is 5.75 Å². The van der Waals surface area contributed by atoms with E-state index in [1.807, 2.05) is 0 Å². The molecule has 0 aliphatic heterocycles. The molecule has 1 amide bonds. The Balaban J connectivity index is 1.78. The van der Waals surface area contributed by atoms with E-state index in [1.54, 1.807) is 30.3 Å². The number of aromatic nitrogens is 3. The number of amides is 1. The van der Waals surface area contributed by atoms with Gasteiger partial charge in [0.05, 0.1) is 17.1 Å². The van der Waals surface area contributed by atoms with Crippen molar-refractivity contribution in [1.82, 2.24) is 20.4 Å². The second-order valence-electron chi connectivity index (χ2n) is 5.47. The number of halogens is 1. The molecule has 3 N–H and O–H groups in total. The fourth-order valence-electron chi connectivity index (χ4n) is 2.24. The Kier molecular flexibility index (Phi) is 6.00. The van der Waals surface area contributed by atoms with E-state index in [0.717, 1.165) is 6.33 Å². The van der Waals surface area contributed by atoms with Gasteiger partial charge in [-0.25, -0.2) is 15.0 Å². The van der Waals surface area contributed by atoms with Crippen molar-refractivity contribution in [2.24, 2.45) is 0 Å². The first kappa shape index (κ1) is 19.8. The van der Waals surface area contributed by atoms with Gasteiger partial charge >= 0.3 is 5.69 Å². The topological polar surface area (TPSA) is 144 Å². The SMILES string of the molecule is COc1ccc(C(=O)NNc2ncnc(Nc3ccc(Cl)cn3)c2[N+](=O)[O-])cc1. The van der Waals surface area contributed by atoms with Gasteiger partial charge in [-0.1, -0.05) is 11.6 Å². The molecule has 0 saturated carbocycles. The molecule has 29 heavy (non-hydrogen) atoms. The molecule has 0 spiro atoms. The molecule has 0 bridgehead atoms. The van der Waals surface area contributed by atoms with E-state index in [-0.39, 0.29) is 11.6 Å². The molecule has 0 unspecified atom stereocenters. The molecule has 0 aliphatic carbocycles. The van der Waals surface area contributed by atoms with Gasteiger partial charge in [0.15, 0.2) is 0 Å². The Morgan fingerprint density at radius 1 is 1.10 bits per heavy atom. The summed E-state index contributed by atoms with van der Waals surface area (Å²) in [5.41, 5.74) is 4.66. The molecule has 0 atom stereocenters. The highest BCUT2D eigenvalue weighted by Crippen LogP contribution is 2.30. The van der Waals surface area contributed by atoms with E-state index >= 15 is 0 Å². The van der Waals surface area contributed by atoms with Crippen LogP contribution < -0.4 is 20.9 Å². The summed E-state index contributed by atoms with van der Waals surface area (Å²) in [5, 5.41) is 14.7. The van der Waals surface area contributed by atoms with E-state index in [1.165, 1.54) is 19.4 Å². The number of anilines is 3. The van der Waals surface area contributed by atoms with Crippen LogP contribution in [-0.2, 0) is 0 Å². The first-order chi connectivity index (χ1) is 14.0. The molecule has 2 heterocycles. The van der Waals surface area contributed by atoms with E-state index in [2.05, 4.69) is 31.1 Å². The molecule has 12 heteroatoms. The van der Waals surface area contributed by atoms with E-state index < -0.39 is 16.5 Å². The molecule has 0 fully saturated rings. The summed E-state index contributed by atoms with van der Waals surface area (Å²) >= 11 is 5.78. The highest BCUT2D eigenvalue weighted by atomic mass is 35.5. The van der Waals surface area contributed by atoms with Crippen molar-refractivity contribution in [1.29, 1.82) is 0 Å². The van der Waals surface area contributed by atoms with Gasteiger partial charge in [-0.3, -0.25) is 25.8 Å². The minimum atomic E-state index is -0.680. The number of rotatable bonds is 7. The van der Waals surface area contributed by atoms with Crippen LogP contribution in [0, 0.1) is 10.1 Å². The Hall–Kier alpha value is -3.99. The summed E-state index contributed by atoms with van der Waals surface area (Å²) in [6.45, 7) is 0. The number of hydrogen-bond acceptors (Lipinski definition) is 9. The quantitative estimate of drug-likeness (QED) is 0.391. The minimum Gasteiger partial charge on any atom is -0.497 e. The van der Waals surface area contributed by atoms with E-state index in [0.29, 0.717) is 22.2 Å². The lowest BCUT2D eigenvalue weighted by Crippen LogP contribution is -2.30. The Bertz CT molecular complexity index is 1030. The predicted octanol–water partition coefficient (Wildman–Crippen LogP) is 2.94. The molecule has 2 aromatic heterocycles. The third-order valence-electron chi connectivity index (χ3n) is 3.63. The summed E-state index contributed by atoms with van der Waals surface area (Å²) < 4.78 is 5.03. The molecule has 0 aliphatic rings. The molecule has 0 saturated heterocycles. The minimum absolute atomic E-state index is 0.110. The zero-order chi connectivity index (χ0) is 20.8. The van der Waals surface area contributed by atoms with Gasteiger partial charge in [0.2, 0.25) is 11.6 Å². The van der Waals surface area contributed by atoms with E-state index in [4.69, 9.17) is 16.3 Å². The van der Waals surface area contributed by atoms with Crippen molar-refractivity contribution in [3.63, 3.8) is 0 Å². The number of nitro groups is 1. The van der Waals surface area contributed by atoms with Crippen LogP contribution in [0.1, 0.15) is 10.4 Å². The van der Waals surface area contributed by atoms with Crippen LogP contribution in [-0.4, -0.2) is 32.9 Å². The van der Waals surface area contributed by atoms with Crippen LogP contribution in [0.2, 0.25) is 5.02 Å². The zero-order valence-electron chi connectivity index (χ0n) is 14.9. The first-order valence-electron chi connectivity index (χ1n) is 8.06. The average Bonchev–Trinajstić information content (AvgIpc) is 2.73. The smallest absolute Gasteiger partial charge is 0.355 e. The first-order valence-corrected chi connectivity index (χ1v) is 8.44. The Morgan fingerprint density at radius 2 is 1.83 bits per heavy atom. The number of benzene rings is 1. The largest absolute Gasteiger partial charge is 0.497 e. The molecule has 11 nitrogen and oxygen atoms in total. The summed E-state index contributed by atoms with van der Waals surface area (Å²) in [5.74, 6) is 0.0516. The molecular weight excluding hydrogens is 402 g/mol. The number of methoxy groups -OCH3 is 1. The highest BCUT2D eigenvalue weighted by Gasteiger charge is 2.24. The normalized spacial score (nSPS) is 10.1. The fourth-order valence-corrected chi connectivity index (χ4v) is 2.35. The van der Waals surface area contributed by atoms with Gasteiger partial charge in [0.1, 0.15) is 17.9 Å². The maximum absolute atomic E-state index is 12.2. The number of carbonyl (C=O) groups excluding carboxylic acids is 1. The molecular formula is C17H14ClN7O4. The average molecular weight is 416 g/mol. The predicted molar refractivity (Wildman–Crippen MR) is 105 cm³/mol. The van der Waals surface area contributed by atoms with Crippen molar-refractivity contribution in [2.75, 3.05) is 17.9 Å². The maximum Gasteiger partial charge on any atom is 0.355 e. The van der Waals surface area contributed by atoms with Crippen molar-refractivity contribution in [3.05, 3.63) is 69.6 Å². The van der Waals surface area contributed by atoms with Crippen LogP contribution in [0.15, 0.2) is 48.9 Å². The molecule has 3 aromatic rings. The Labute approximate surface area is 169 Å². The Morgan fingerprint density at radius 3 is 2.45 bits per heavy atom. The fraction of sp³-hybridized carbons (Fsp3) is 0.0588. The molecule has 3 rings (SSSR count). The standard InChI is InChI=1S/C17H14ClN7O4/c1-29-12-5-2-10(3-6-12)17(26)24-23-16-14(25(27)28)15(20-9-21-16)22-13-7-4-11(18)8-19-13/h2-9H,1H3,(H,24,26)(H2,19,20,21,22,23). The maximum atomic E-state index is 12.2. The molecule has 0 radical (unpaired) electrons. The van der Waals surface area contributed by atoms with Gasteiger partial charge in [-0.2, -0.15) is 0 Å². The number of hydrazine groups is 1. The third kappa shape index (κ3) is 4.84. The van der Waals surface area contributed by atoms with Gasteiger partial charge in [0.25, 0.3) is 5.91 Å². The van der Waals surface area contributed by atoms with Crippen molar-refractivity contribution in [3.8, 4) is 5.75 Å². The van der Waals surface area contributed by atoms with Crippen molar-refractivity contribution in [2.45, 2.75) is 0 Å². The number of ether oxygens (including phenoxy) is 1. The summed E-state index contributed by atoms with van der Waals surface area (Å²) in [7, 11) is 1.51. The lowest BCUT2D eigenvalue weighted by Gasteiger charge is -2.11. The summed E-state index contributed by atoms with van der Waals surface area (Å²) in [6, 6.07) is 9.42. The number of carbonyl (C=O) groups is 1. The number of nitrogens with zero attached hydrogens (tertiary/aromatic N) is 4. The second-order valence-corrected chi connectivity index (χ2v) is 5.91. The van der Waals surface area contributed by atoms with E-state index in [9.17, 15) is 14.9 Å².